The summed E-state index contributed by atoms with van der Waals surface area (Å²) < 4.78 is 0.751. The summed E-state index contributed by atoms with van der Waals surface area (Å²) in [5, 5.41) is 2.98. The van der Waals surface area contributed by atoms with Crippen LogP contribution in [0.4, 0.5) is 0 Å². The minimum absolute atomic E-state index is 0.0805. The number of amides is 1. The lowest BCUT2D eigenvalue weighted by molar-refractivity contribution is 0.0937. The van der Waals surface area contributed by atoms with E-state index in [1.54, 1.807) is 6.20 Å². The number of halogens is 1. The number of carbonyl (C=O) groups excluding carboxylic acids is 1. The molecule has 1 aliphatic rings. The van der Waals surface area contributed by atoms with Gasteiger partial charge in [0.2, 0.25) is 0 Å². The van der Waals surface area contributed by atoms with Gasteiger partial charge in [-0.3, -0.25) is 4.79 Å². The number of hydrogen-bond donors (Lipinski definition) is 1. The molecule has 1 aromatic heterocycles. The Hall–Kier alpha value is -0.900. The van der Waals surface area contributed by atoms with E-state index in [1.165, 1.54) is 32.1 Å². The highest BCUT2D eigenvalue weighted by Crippen LogP contribution is 2.23. The van der Waals surface area contributed by atoms with Gasteiger partial charge in [-0.25, -0.2) is 4.98 Å². The van der Waals surface area contributed by atoms with Crippen LogP contribution in [0.15, 0.2) is 22.8 Å². The van der Waals surface area contributed by atoms with Crippen LogP contribution >= 0.6 is 15.9 Å². The minimum Gasteiger partial charge on any atom is -0.350 e. The van der Waals surface area contributed by atoms with E-state index in [0.717, 1.165) is 11.0 Å². The number of nitrogens with one attached hydrogen (secondary N) is 1. The largest absolute Gasteiger partial charge is 0.350 e. The van der Waals surface area contributed by atoms with E-state index in [9.17, 15) is 4.79 Å². The summed E-state index contributed by atoms with van der Waals surface area (Å²) in [5.74, 6) is 0.568. The normalized spacial score (nSPS) is 16.8. The molecule has 0 atom stereocenters. The molecule has 3 nitrogen and oxygen atoms in total. The molecule has 1 heterocycles. The van der Waals surface area contributed by atoms with Crippen LogP contribution < -0.4 is 5.32 Å². The minimum atomic E-state index is -0.0805. The van der Waals surface area contributed by atoms with Gasteiger partial charge in [0.05, 0.1) is 0 Å². The first-order chi connectivity index (χ1) is 8.27. The fourth-order valence-electron chi connectivity index (χ4n) is 2.26. The Bertz CT molecular complexity index is 389. The number of pyridine rings is 1. The molecule has 1 aromatic rings. The maximum Gasteiger partial charge on any atom is 0.271 e. The van der Waals surface area contributed by atoms with E-state index in [1.807, 2.05) is 12.1 Å². The van der Waals surface area contributed by atoms with Crippen molar-refractivity contribution in [2.45, 2.75) is 32.1 Å². The van der Waals surface area contributed by atoms with Gasteiger partial charge in [-0.05, 0) is 46.8 Å². The van der Waals surface area contributed by atoms with Crippen molar-refractivity contribution in [3.05, 3.63) is 28.5 Å². The maximum absolute atomic E-state index is 11.9. The second kappa shape index (κ2) is 6.15. The molecule has 0 spiro atoms. The summed E-state index contributed by atoms with van der Waals surface area (Å²) in [5.41, 5.74) is 0.475. The fraction of sp³-hybridized carbons (Fsp3) is 0.538. The highest BCUT2D eigenvalue weighted by atomic mass is 79.9. The molecule has 0 aliphatic heterocycles. The van der Waals surface area contributed by atoms with Crippen LogP contribution in [0.5, 0.6) is 0 Å². The van der Waals surface area contributed by atoms with Gasteiger partial charge in [0.15, 0.2) is 0 Å². The zero-order valence-electron chi connectivity index (χ0n) is 9.79. The molecule has 0 unspecified atom stereocenters. The Morgan fingerprint density at radius 2 is 2.18 bits per heavy atom. The zero-order chi connectivity index (χ0) is 12.1. The van der Waals surface area contributed by atoms with Crippen LogP contribution in [0.1, 0.15) is 42.6 Å². The van der Waals surface area contributed by atoms with Crippen LogP contribution in [-0.2, 0) is 0 Å². The molecule has 0 saturated heterocycles. The first-order valence-corrected chi connectivity index (χ1v) is 6.95. The third kappa shape index (κ3) is 3.53. The standard InChI is InChI=1S/C13H17BrN2O/c14-11-7-4-8-15-12(11)13(17)16-9-10-5-2-1-3-6-10/h4,7-8,10H,1-3,5-6,9H2,(H,16,17). The van der Waals surface area contributed by atoms with Crippen molar-refractivity contribution in [2.75, 3.05) is 6.54 Å². The molecular weight excluding hydrogens is 280 g/mol. The van der Waals surface area contributed by atoms with Crippen molar-refractivity contribution in [1.82, 2.24) is 10.3 Å². The molecule has 0 radical (unpaired) electrons. The third-order valence-corrected chi connectivity index (χ3v) is 3.89. The van der Waals surface area contributed by atoms with Crippen LogP contribution in [-0.4, -0.2) is 17.4 Å². The highest BCUT2D eigenvalue weighted by molar-refractivity contribution is 9.10. The van der Waals surface area contributed by atoms with Gasteiger partial charge in [0.25, 0.3) is 5.91 Å². The Kier molecular flexibility index (Phi) is 4.54. The molecule has 2 rings (SSSR count). The van der Waals surface area contributed by atoms with Crippen molar-refractivity contribution < 1.29 is 4.79 Å². The molecule has 1 saturated carbocycles. The number of aromatic nitrogens is 1. The van der Waals surface area contributed by atoms with Gasteiger partial charge in [-0.15, -0.1) is 0 Å². The number of carbonyl (C=O) groups is 1. The first kappa shape index (κ1) is 12.6. The second-order valence-electron chi connectivity index (χ2n) is 4.55. The van der Waals surface area contributed by atoms with E-state index in [4.69, 9.17) is 0 Å². The average Bonchev–Trinajstić information content (AvgIpc) is 2.38. The molecule has 92 valence electrons. The summed E-state index contributed by atoms with van der Waals surface area (Å²) in [7, 11) is 0. The van der Waals surface area contributed by atoms with E-state index in [-0.39, 0.29) is 5.91 Å². The maximum atomic E-state index is 11.9. The predicted molar refractivity (Wildman–Crippen MR) is 70.8 cm³/mol. The predicted octanol–water partition coefficient (Wildman–Crippen LogP) is 3.15. The Morgan fingerprint density at radius 3 is 2.88 bits per heavy atom. The quantitative estimate of drug-likeness (QED) is 0.931. The average molecular weight is 297 g/mol. The van der Waals surface area contributed by atoms with E-state index < -0.39 is 0 Å². The first-order valence-electron chi connectivity index (χ1n) is 6.16. The van der Waals surface area contributed by atoms with Gasteiger partial charge in [-0.1, -0.05) is 19.3 Å². The number of hydrogen-bond acceptors (Lipinski definition) is 2. The Labute approximate surface area is 110 Å². The summed E-state index contributed by atoms with van der Waals surface area (Å²) in [4.78, 5) is 16.0. The SMILES string of the molecule is O=C(NCC1CCCCC1)c1ncccc1Br. The van der Waals surface area contributed by atoms with E-state index >= 15 is 0 Å². The van der Waals surface area contributed by atoms with Crippen LogP contribution in [0.3, 0.4) is 0 Å². The second-order valence-corrected chi connectivity index (χ2v) is 5.40. The summed E-state index contributed by atoms with van der Waals surface area (Å²) in [6, 6.07) is 3.64. The molecule has 0 aromatic carbocycles. The molecular formula is C13H17BrN2O. The van der Waals surface area contributed by atoms with Crippen LogP contribution in [0, 0.1) is 5.92 Å². The van der Waals surface area contributed by atoms with Gasteiger partial charge in [-0.2, -0.15) is 0 Å². The van der Waals surface area contributed by atoms with Crippen LogP contribution in [0.2, 0.25) is 0 Å². The van der Waals surface area contributed by atoms with Crippen LogP contribution in [0.25, 0.3) is 0 Å². The molecule has 17 heavy (non-hydrogen) atoms. The smallest absolute Gasteiger partial charge is 0.271 e. The Morgan fingerprint density at radius 1 is 1.41 bits per heavy atom. The van der Waals surface area contributed by atoms with Crippen molar-refractivity contribution >= 4 is 21.8 Å². The lowest BCUT2D eigenvalue weighted by atomic mass is 9.89. The molecule has 0 bridgehead atoms. The molecule has 1 amide bonds. The summed E-state index contributed by atoms with van der Waals surface area (Å²) >= 11 is 3.34. The number of rotatable bonds is 3. The lowest BCUT2D eigenvalue weighted by Gasteiger charge is -2.21. The van der Waals surface area contributed by atoms with Crippen molar-refractivity contribution in [3.8, 4) is 0 Å². The zero-order valence-corrected chi connectivity index (χ0v) is 11.4. The molecule has 4 heteroatoms. The topological polar surface area (TPSA) is 42.0 Å². The van der Waals surface area contributed by atoms with E-state index in [0.29, 0.717) is 11.6 Å². The summed E-state index contributed by atoms with van der Waals surface area (Å²) in [6.45, 7) is 0.780. The fourth-order valence-corrected chi connectivity index (χ4v) is 2.70. The van der Waals surface area contributed by atoms with Gasteiger partial charge in [0.1, 0.15) is 5.69 Å². The number of nitrogens with zero attached hydrogens (tertiary/aromatic N) is 1. The third-order valence-electron chi connectivity index (χ3n) is 3.25. The van der Waals surface area contributed by atoms with Crippen molar-refractivity contribution in [3.63, 3.8) is 0 Å². The van der Waals surface area contributed by atoms with Gasteiger partial charge >= 0.3 is 0 Å². The van der Waals surface area contributed by atoms with Gasteiger partial charge in [0, 0.05) is 17.2 Å². The molecule has 1 fully saturated rings. The van der Waals surface area contributed by atoms with Crippen molar-refractivity contribution in [1.29, 1.82) is 0 Å². The van der Waals surface area contributed by atoms with Gasteiger partial charge < -0.3 is 5.32 Å². The van der Waals surface area contributed by atoms with E-state index in [2.05, 4.69) is 26.2 Å². The van der Waals surface area contributed by atoms with Crippen molar-refractivity contribution in [2.24, 2.45) is 5.92 Å². The Balaban J connectivity index is 1.87. The monoisotopic (exact) mass is 296 g/mol. The highest BCUT2D eigenvalue weighted by Gasteiger charge is 2.16. The summed E-state index contributed by atoms with van der Waals surface area (Å²) in [6.07, 6.45) is 8.06. The molecule has 1 aliphatic carbocycles. The molecule has 1 N–H and O–H groups in total. The lowest BCUT2D eigenvalue weighted by Crippen LogP contribution is -2.31.